The van der Waals surface area contributed by atoms with Gasteiger partial charge in [0, 0.05) is 31.4 Å². The van der Waals surface area contributed by atoms with Crippen molar-refractivity contribution in [2.45, 2.75) is 32.4 Å². The number of benzene rings is 1. The highest BCUT2D eigenvalue weighted by Crippen LogP contribution is 2.17. The first-order valence-corrected chi connectivity index (χ1v) is 7.23. The molecule has 1 fully saturated rings. The summed E-state index contributed by atoms with van der Waals surface area (Å²) in [4.78, 5) is 2.39. The Bertz CT molecular complexity index is 556. The highest BCUT2D eigenvalue weighted by atomic mass is 16.3. The number of aliphatic hydroxyl groups is 1. The molecule has 0 aliphatic carbocycles. The summed E-state index contributed by atoms with van der Waals surface area (Å²) in [6.45, 7) is 4.92. The standard InChI is InChI=1S/C16H21N3O/c1-13-14(11-18-9-7-16(20)8-10-18)12-19(17-13)15-5-3-2-4-6-15/h2-6,12,16,20H,7-11H2,1H3. The Hall–Kier alpha value is -1.65. The van der Waals surface area contributed by atoms with Crippen LogP contribution in [0.5, 0.6) is 0 Å². The van der Waals surface area contributed by atoms with Crippen LogP contribution in [0.3, 0.4) is 0 Å². The van der Waals surface area contributed by atoms with E-state index in [2.05, 4.69) is 35.3 Å². The smallest absolute Gasteiger partial charge is 0.0645 e. The zero-order valence-corrected chi connectivity index (χ0v) is 11.9. The van der Waals surface area contributed by atoms with Crippen molar-refractivity contribution in [3.63, 3.8) is 0 Å². The number of piperidine rings is 1. The molecule has 0 radical (unpaired) electrons. The number of hydrogen-bond donors (Lipinski definition) is 1. The molecule has 106 valence electrons. The van der Waals surface area contributed by atoms with Crippen molar-refractivity contribution >= 4 is 0 Å². The monoisotopic (exact) mass is 271 g/mol. The van der Waals surface area contributed by atoms with Crippen LogP contribution in [0.1, 0.15) is 24.1 Å². The lowest BCUT2D eigenvalue weighted by atomic mass is 10.1. The van der Waals surface area contributed by atoms with Crippen LogP contribution >= 0.6 is 0 Å². The van der Waals surface area contributed by atoms with E-state index in [1.807, 2.05) is 22.9 Å². The molecule has 1 aromatic heterocycles. The molecule has 0 saturated carbocycles. The van der Waals surface area contributed by atoms with Crippen LogP contribution in [-0.4, -0.2) is 39.0 Å². The summed E-state index contributed by atoms with van der Waals surface area (Å²) in [5.41, 5.74) is 3.45. The zero-order chi connectivity index (χ0) is 13.9. The van der Waals surface area contributed by atoms with Crippen LogP contribution in [-0.2, 0) is 6.54 Å². The van der Waals surface area contributed by atoms with Crippen LogP contribution in [0.25, 0.3) is 5.69 Å². The predicted octanol–water partition coefficient (Wildman–Crippen LogP) is 2.14. The van der Waals surface area contributed by atoms with Gasteiger partial charge in [-0.3, -0.25) is 4.90 Å². The van der Waals surface area contributed by atoms with Crippen molar-refractivity contribution in [3.8, 4) is 5.69 Å². The maximum Gasteiger partial charge on any atom is 0.0645 e. The fourth-order valence-corrected chi connectivity index (χ4v) is 2.68. The Balaban J connectivity index is 1.73. The molecule has 2 aromatic rings. The third-order valence-corrected chi connectivity index (χ3v) is 3.97. The molecule has 1 N–H and O–H groups in total. The topological polar surface area (TPSA) is 41.3 Å². The van der Waals surface area contributed by atoms with Crippen LogP contribution in [0.15, 0.2) is 36.5 Å². The molecule has 0 bridgehead atoms. The van der Waals surface area contributed by atoms with E-state index in [1.165, 1.54) is 5.56 Å². The molecular formula is C16H21N3O. The molecule has 2 heterocycles. The van der Waals surface area contributed by atoms with E-state index in [0.717, 1.165) is 43.9 Å². The van der Waals surface area contributed by atoms with E-state index in [9.17, 15) is 5.11 Å². The van der Waals surface area contributed by atoms with E-state index in [1.54, 1.807) is 0 Å². The SMILES string of the molecule is Cc1nn(-c2ccccc2)cc1CN1CCC(O)CC1. The molecule has 3 rings (SSSR count). The molecule has 0 atom stereocenters. The first kappa shape index (κ1) is 13.3. The normalized spacial score (nSPS) is 17.5. The number of aromatic nitrogens is 2. The van der Waals surface area contributed by atoms with Gasteiger partial charge in [0.05, 0.1) is 17.5 Å². The average molecular weight is 271 g/mol. The molecule has 1 aromatic carbocycles. The Morgan fingerprint density at radius 1 is 1.20 bits per heavy atom. The van der Waals surface area contributed by atoms with Gasteiger partial charge in [-0.15, -0.1) is 0 Å². The minimum absolute atomic E-state index is 0.112. The fraction of sp³-hybridized carbons (Fsp3) is 0.438. The second-order valence-electron chi connectivity index (χ2n) is 5.53. The fourth-order valence-electron chi connectivity index (χ4n) is 2.68. The van der Waals surface area contributed by atoms with Crippen LogP contribution in [0.4, 0.5) is 0 Å². The van der Waals surface area contributed by atoms with Crippen LogP contribution < -0.4 is 0 Å². The second-order valence-corrected chi connectivity index (χ2v) is 5.53. The van der Waals surface area contributed by atoms with Gasteiger partial charge in [0.1, 0.15) is 0 Å². The third kappa shape index (κ3) is 2.92. The van der Waals surface area contributed by atoms with Gasteiger partial charge in [-0.2, -0.15) is 5.10 Å². The first-order valence-electron chi connectivity index (χ1n) is 7.23. The van der Waals surface area contributed by atoms with Gasteiger partial charge in [-0.1, -0.05) is 18.2 Å². The van der Waals surface area contributed by atoms with E-state index in [4.69, 9.17) is 0 Å². The summed E-state index contributed by atoms with van der Waals surface area (Å²) in [5, 5.41) is 14.2. The Morgan fingerprint density at radius 2 is 1.90 bits per heavy atom. The van der Waals surface area contributed by atoms with E-state index >= 15 is 0 Å². The Labute approximate surface area is 119 Å². The molecule has 1 aliphatic rings. The second kappa shape index (κ2) is 5.77. The summed E-state index contributed by atoms with van der Waals surface area (Å²) < 4.78 is 1.95. The molecule has 4 nitrogen and oxygen atoms in total. The summed E-state index contributed by atoms with van der Waals surface area (Å²) >= 11 is 0. The van der Waals surface area contributed by atoms with E-state index < -0.39 is 0 Å². The van der Waals surface area contributed by atoms with Gasteiger partial charge in [0.25, 0.3) is 0 Å². The van der Waals surface area contributed by atoms with Gasteiger partial charge in [0.15, 0.2) is 0 Å². The van der Waals surface area contributed by atoms with Crippen LogP contribution in [0.2, 0.25) is 0 Å². The van der Waals surface area contributed by atoms with Gasteiger partial charge in [-0.25, -0.2) is 4.68 Å². The first-order chi connectivity index (χ1) is 9.72. The minimum atomic E-state index is -0.112. The molecule has 0 amide bonds. The number of likely N-dealkylation sites (tertiary alicyclic amines) is 1. The number of aliphatic hydroxyl groups excluding tert-OH is 1. The highest BCUT2D eigenvalue weighted by Gasteiger charge is 2.18. The zero-order valence-electron chi connectivity index (χ0n) is 11.9. The number of aryl methyl sites for hydroxylation is 1. The van der Waals surface area contributed by atoms with Crippen molar-refractivity contribution in [3.05, 3.63) is 47.8 Å². The molecule has 4 heteroatoms. The molecule has 1 saturated heterocycles. The average Bonchev–Trinajstić information content (AvgIpc) is 2.84. The lowest BCUT2D eigenvalue weighted by molar-refractivity contribution is 0.0791. The van der Waals surface area contributed by atoms with Gasteiger partial charge >= 0.3 is 0 Å². The van der Waals surface area contributed by atoms with Crippen molar-refractivity contribution in [1.82, 2.24) is 14.7 Å². The van der Waals surface area contributed by atoms with E-state index in [-0.39, 0.29) is 6.10 Å². The lowest BCUT2D eigenvalue weighted by Crippen LogP contribution is -2.35. The van der Waals surface area contributed by atoms with Gasteiger partial charge in [-0.05, 0) is 31.9 Å². The van der Waals surface area contributed by atoms with Crippen molar-refractivity contribution in [1.29, 1.82) is 0 Å². The molecule has 0 spiro atoms. The van der Waals surface area contributed by atoms with Crippen LogP contribution in [0, 0.1) is 6.92 Å². The predicted molar refractivity (Wildman–Crippen MR) is 78.8 cm³/mol. The quantitative estimate of drug-likeness (QED) is 0.930. The molecular weight excluding hydrogens is 250 g/mol. The summed E-state index contributed by atoms with van der Waals surface area (Å²) in [6, 6.07) is 10.2. The lowest BCUT2D eigenvalue weighted by Gasteiger charge is -2.29. The number of nitrogens with zero attached hydrogens (tertiary/aromatic N) is 3. The highest BCUT2D eigenvalue weighted by molar-refractivity contribution is 5.32. The summed E-state index contributed by atoms with van der Waals surface area (Å²) in [7, 11) is 0. The maximum atomic E-state index is 9.56. The molecule has 0 unspecified atom stereocenters. The largest absolute Gasteiger partial charge is 0.393 e. The molecule has 20 heavy (non-hydrogen) atoms. The van der Waals surface area contributed by atoms with Crippen molar-refractivity contribution in [2.24, 2.45) is 0 Å². The minimum Gasteiger partial charge on any atom is -0.393 e. The van der Waals surface area contributed by atoms with E-state index in [0.29, 0.717) is 0 Å². The number of rotatable bonds is 3. The van der Waals surface area contributed by atoms with Crippen molar-refractivity contribution in [2.75, 3.05) is 13.1 Å². The maximum absolute atomic E-state index is 9.56. The van der Waals surface area contributed by atoms with Crippen molar-refractivity contribution < 1.29 is 5.11 Å². The third-order valence-electron chi connectivity index (χ3n) is 3.97. The Kier molecular flexibility index (Phi) is 3.85. The summed E-state index contributed by atoms with van der Waals surface area (Å²) in [5.74, 6) is 0. The molecule has 1 aliphatic heterocycles. The number of hydrogen-bond acceptors (Lipinski definition) is 3. The Morgan fingerprint density at radius 3 is 2.60 bits per heavy atom. The number of para-hydroxylation sites is 1. The summed E-state index contributed by atoms with van der Waals surface area (Å²) in [6.07, 6.45) is 3.77. The van der Waals surface area contributed by atoms with Gasteiger partial charge < -0.3 is 5.11 Å². The van der Waals surface area contributed by atoms with Gasteiger partial charge in [0.2, 0.25) is 0 Å².